The Hall–Kier alpha value is -3.49. The lowest BCUT2D eigenvalue weighted by Crippen LogP contribution is -2.45. The quantitative estimate of drug-likeness (QED) is 0.596. The molecule has 0 radical (unpaired) electrons. The lowest BCUT2D eigenvalue weighted by molar-refractivity contribution is -0.139. The number of aryl methyl sites for hydroxylation is 1. The van der Waals surface area contributed by atoms with Crippen LogP contribution in [0.15, 0.2) is 41.2 Å². The molecule has 0 bridgehead atoms. The van der Waals surface area contributed by atoms with Crippen molar-refractivity contribution in [3.8, 4) is 23.1 Å². The van der Waals surface area contributed by atoms with Crippen LogP contribution < -0.4 is 9.47 Å². The van der Waals surface area contributed by atoms with Crippen LogP contribution >= 0.6 is 0 Å². The summed E-state index contributed by atoms with van der Waals surface area (Å²) in [5.41, 5.74) is 1.35. The van der Waals surface area contributed by atoms with E-state index in [9.17, 15) is 4.79 Å². The van der Waals surface area contributed by atoms with Gasteiger partial charge in [0, 0.05) is 31.3 Å². The van der Waals surface area contributed by atoms with Crippen molar-refractivity contribution in [2.24, 2.45) is 0 Å². The minimum Gasteiger partial charge on any atom is -0.497 e. The van der Waals surface area contributed by atoms with Gasteiger partial charge in [-0.1, -0.05) is 11.2 Å². The predicted octanol–water partition coefficient (Wildman–Crippen LogP) is 3.02. The maximum Gasteiger partial charge on any atom is 0.278 e. The number of rotatable bonds is 6. The van der Waals surface area contributed by atoms with Gasteiger partial charge in [0.1, 0.15) is 17.2 Å². The number of aromatic nitrogens is 4. The second-order valence-corrected chi connectivity index (χ2v) is 7.56. The van der Waals surface area contributed by atoms with Crippen LogP contribution in [0.2, 0.25) is 0 Å². The Balaban J connectivity index is 1.41. The van der Waals surface area contributed by atoms with Crippen molar-refractivity contribution in [2.75, 3.05) is 20.2 Å². The molecule has 31 heavy (non-hydrogen) atoms. The number of hydrogen-bond donors (Lipinski definition) is 0. The van der Waals surface area contributed by atoms with Gasteiger partial charge in [-0.2, -0.15) is 4.98 Å². The number of likely N-dealkylation sites (tertiary alicyclic amines) is 1. The SMILES string of the molecule is COc1cccc(O[C@@H](C)C(=O)N2CCC[C@@H](c3noc(-c4cnc(C)cn4)n3)C2)c1. The highest BCUT2D eigenvalue weighted by Crippen LogP contribution is 2.27. The monoisotopic (exact) mass is 423 g/mol. The average Bonchev–Trinajstić information content (AvgIpc) is 3.29. The first-order valence-electron chi connectivity index (χ1n) is 10.3. The molecular weight excluding hydrogens is 398 g/mol. The molecule has 4 rings (SSSR count). The van der Waals surface area contributed by atoms with Gasteiger partial charge in [0.15, 0.2) is 11.9 Å². The number of hydrogen-bond acceptors (Lipinski definition) is 8. The highest BCUT2D eigenvalue weighted by Gasteiger charge is 2.31. The fraction of sp³-hybridized carbons (Fsp3) is 0.409. The summed E-state index contributed by atoms with van der Waals surface area (Å²) in [6, 6.07) is 7.22. The lowest BCUT2D eigenvalue weighted by atomic mass is 9.97. The van der Waals surface area contributed by atoms with Crippen molar-refractivity contribution in [3.63, 3.8) is 0 Å². The number of nitrogens with zero attached hydrogens (tertiary/aromatic N) is 5. The number of carbonyl (C=O) groups is 1. The Morgan fingerprint density at radius 1 is 1.26 bits per heavy atom. The van der Waals surface area contributed by atoms with Crippen LogP contribution in [0.4, 0.5) is 0 Å². The molecule has 0 aliphatic carbocycles. The molecule has 1 aromatic carbocycles. The maximum absolute atomic E-state index is 13.0. The van der Waals surface area contributed by atoms with Crippen molar-refractivity contribution in [1.29, 1.82) is 0 Å². The number of ether oxygens (including phenoxy) is 2. The Morgan fingerprint density at radius 3 is 2.87 bits per heavy atom. The van der Waals surface area contributed by atoms with Gasteiger partial charge in [-0.3, -0.25) is 9.78 Å². The summed E-state index contributed by atoms with van der Waals surface area (Å²) >= 11 is 0. The molecule has 2 aromatic heterocycles. The van der Waals surface area contributed by atoms with Gasteiger partial charge in [-0.15, -0.1) is 0 Å². The molecule has 1 saturated heterocycles. The van der Waals surface area contributed by atoms with Crippen LogP contribution in [0.3, 0.4) is 0 Å². The van der Waals surface area contributed by atoms with E-state index in [0.717, 1.165) is 18.5 Å². The zero-order valence-corrected chi connectivity index (χ0v) is 17.8. The summed E-state index contributed by atoms with van der Waals surface area (Å²) in [5.74, 6) is 2.12. The fourth-order valence-corrected chi connectivity index (χ4v) is 3.58. The Labute approximate surface area is 180 Å². The molecule has 0 unspecified atom stereocenters. The van der Waals surface area contributed by atoms with Gasteiger partial charge >= 0.3 is 0 Å². The largest absolute Gasteiger partial charge is 0.497 e. The molecule has 0 spiro atoms. The van der Waals surface area contributed by atoms with Gasteiger partial charge in [0.2, 0.25) is 0 Å². The van der Waals surface area contributed by atoms with Crippen LogP contribution in [-0.4, -0.2) is 57.2 Å². The summed E-state index contributed by atoms with van der Waals surface area (Å²) in [4.78, 5) is 27.8. The molecule has 3 heterocycles. The summed E-state index contributed by atoms with van der Waals surface area (Å²) in [6.07, 6.45) is 4.39. The van der Waals surface area contributed by atoms with E-state index in [1.165, 1.54) is 0 Å². The number of benzene rings is 1. The fourth-order valence-electron chi connectivity index (χ4n) is 3.58. The van der Waals surface area contributed by atoms with E-state index >= 15 is 0 Å². The van der Waals surface area contributed by atoms with E-state index in [4.69, 9.17) is 14.0 Å². The van der Waals surface area contributed by atoms with Gasteiger partial charge in [-0.25, -0.2) is 4.98 Å². The second-order valence-electron chi connectivity index (χ2n) is 7.56. The van der Waals surface area contributed by atoms with Crippen molar-refractivity contribution in [3.05, 3.63) is 48.2 Å². The van der Waals surface area contributed by atoms with Crippen LogP contribution in [0, 0.1) is 6.92 Å². The van der Waals surface area contributed by atoms with Crippen LogP contribution in [0.25, 0.3) is 11.6 Å². The molecule has 1 fully saturated rings. The zero-order chi connectivity index (χ0) is 21.8. The number of methoxy groups -OCH3 is 1. The molecular formula is C22H25N5O4. The summed E-state index contributed by atoms with van der Waals surface area (Å²) in [7, 11) is 1.59. The number of piperidine rings is 1. The average molecular weight is 423 g/mol. The third-order valence-corrected chi connectivity index (χ3v) is 5.24. The minimum atomic E-state index is -0.616. The first-order chi connectivity index (χ1) is 15.0. The smallest absolute Gasteiger partial charge is 0.278 e. The molecule has 0 saturated carbocycles. The predicted molar refractivity (Wildman–Crippen MR) is 112 cm³/mol. The third kappa shape index (κ3) is 4.82. The highest BCUT2D eigenvalue weighted by atomic mass is 16.5. The van der Waals surface area contributed by atoms with E-state index in [-0.39, 0.29) is 11.8 Å². The van der Waals surface area contributed by atoms with E-state index < -0.39 is 6.10 Å². The molecule has 162 valence electrons. The summed E-state index contributed by atoms with van der Waals surface area (Å²) in [5, 5.41) is 4.13. The normalized spacial score (nSPS) is 17.3. The Kier molecular flexibility index (Phi) is 6.11. The van der Waals surface area contributed by atoms with Crippen LogP contribution in [-0.2, 0) is 4.79 Å². The molecule has 9 nitrogen and oxygen atoms in total. The van der Waals surface area contributed by atoms with Crippen molar-refractivity contribution in [2.45, 2.75) is 38.7 Å². The molecule has 1 aliphatic rings. The van der Waals surface area contributed by atoms with Crippen LogP contribution in [0.5, 0.6) is 11.5 Å². The Bertz CT molecular complexity index is 1040. The van der Waals surface area contributed by atoms with Crippen molar-refractivity contribution in [1.82, 2.24) is 25.0 Å². The molecule has 0 N–H and O–H groups in total. The molecule has 1 amide bonds. The zero-order valence-electron chi connectivity index (χ0n) is 17.8. The van der Waals surface area contributed by atoms with E-state index in [0.29, 0.717) is 42.0 Å². The van der Waals surface area contributed by atoms with Gasteiger partial charge in [0.05, 0.1) is 19.0 Å². The number of carbonyl (C=O) groups excluding carboxylic acids is 1. The first-order valence-corrected chi connectivity index (χ1v) is 10.3. The van der Waals surface area contributed by atoms with Gasteiger partial charge < -0.3 is 18.9 Å². The number of amides is 1. The van der Waals surface area contributed by atoms with Gasteiger partial charge in [-0.05, 0) is 38.8 Å². The topological polar surface area (TPSA) is 103 Å². The molecule has 9 heteroatoms. The Morgan fingerprint density at radius 2 is 2.10 bits per heavy atom. The van der Waals surface area contributed by atoms with E-state index in [1.807, 2.05) is 19.1 Å². The maximum atomic E-state index is 13.0. The first kappa shape index (κ1) is 20.8. The standard InChI is InChI=1S/C22H25N5O4/c1-14-11-24-19(12-23-14)21-25-20(26-31-21)16-6-5-9-27(13-16)22(28)15(2)30-18-8-4-7-17(10-18)29-3/h4,7-8,10-12,15-16H,5-6,9,13H2,1-3H3/t15-,16+/m0/s1. The van der Waals surface area contributed by atoms with Crippen LogP contribution in [0.1, 0.15) is 37.2 Å². The van der Waals surface area contributed by atoms with Gasteiger partial charge in [0.25, 0.3) is 11.8 Å². The summed E-state index contributed by atoms with van der Waals surface area (Å²) < 4.78 is 16.4. The third-order valence-electron chi connectivity index (χ3n) is 5.24. The molecule has 2 atom stereocenters. The van der Waals surface area contributed by atoms with Crippen molar-refractivity contribution >= 4 is 5.91 Å². The lowest BCUT2D eigenvalue weighted by Gasteiger charge is -2.33. The molecule has 3 aromatic rings. The summed E-state index contributed by atoms with van der Waals surface area (Å²) in [6.45, 7) is 4.81. The molecule has 1 aliphatic heterocycles. The second kappa shape index (κ2) is 9.11. The minimum absolute atomic E-state index is 0.00220. The highest BCUT2D eigenvalue weighted by molar-refractivity contribution is 5.81. The van der Waals surface area contributed by atoms with Crippen molar-refractivity contribution < 1.29 is 18.8 Å². The van der Waals surface area contributed by atoms with E-state index in [2.05, 4.69) is 20.1 Å². The van der Waals surface area contributed by atoms with E-state index in [1.54, 1.807) is 43.5 Å².